The van der Waals surface area contributed by atoms with Gasteiger partial charge in [0, 0.05) is 27.1 Å². The topological polar surface area (TPSA) is 79.3 Å². The fourth-order valence-electron chi connectivity index (χ4n) is 6.93. The lowest BCUT2D eigenvalue weighted by Gasteiger charge is -2.31. The van der Waals surface area contributed by atoms with E-state index in [1.807, 2.05) is 49.4 Å². The lowest BCUT2D eigenvalue weighted by molar-refractivity contribution is -0.150. The number of benzene rings is 2. The maximum Gasteiger partial charge on any atom is 0.264 e. The van der Waals surface area contributed by atoms with E-state index >= 15 is 4.11 Å². The van der Waals surface area contributed by atoms with E-state index in [-0.39, 0.29) is 30.9 Å². The maximum atomic E-state index is 16.1. The van der Waals surface area contributed by atoms with Gasteiger partial charge in [0.25, 0.3) is 5.91 Å². The van der Waals surface area contributed by atoms with Gasteiger partial charge in [-0.3, -0.25) is 9.59 Å². The lowest BCUT2D eigenvalue weighted by Crippen LogP contribution is -2.45. The van der Waals surface area contributed by atoms with Crippen molar-refractivity contribution >= 4 is 48.5 Å². The number of carbonyl (C=O) groups is 2. The summed E-state index contributed by atoms with van der Waals surface area (Å²) >= 11 is 2.25. The third-order valence-electron chi connectivity index (χ3n) is 8.71. The molecule has 2 saturated heterocycles. The normalized spacial score (nSPS) is 28.4. The number of halogens is 2. The molecule has 5 rings (SSSR count). The number of ether oxygens (including phenoxy) is 2. The fourth-order valence-corrected chi connectivity index (χ4v) is 9.78. The zero-order valence-corrected chi connectivity index (χ0v) is 26.0. The number of aliphatic hydroxyl groups excluding tert-OH is 1. The Morgan fingerprint density at radius 1 is 1.26 bits per heavy atom. The second kappa shape index (κ2) is 10.8. The van der Waals surface area contributed by atoms with Gasteiger partial charge in [0.05, 0.1) is 44.5 Å². The van der Waals surface area contributed by atoms with Crippen LogP contribution in [-0.2, 0) is 26.5 Å². The van der Waals surface area contributed by atoms with Crippen molar-refractivity contribution in [1.82, 2.24) is 4.90 Å². The lowest BCUT2D eigenvalue weighted by atomic mass is 9.82. The first kappa shape index (κ1) is 28.5. The highest BCUT2D eigenvalue weighted by atomic mass is 127. The van der Waals surface area contributed by atoms with Crippen LogP contribution in [0.1, 0.15) is 37.3 Å². The summed E-state index contributed by atoms with van der Waals surface area (Å²) < 4.78 is 29.4. The zero-order valence-electron chi connectivity index (χ0n) is 22.8. The summed E-state index contributed by atoms with van der Waals surface area (Å²) in [5.74, 6) is -0.293. The molecule has 3 aliphatic heterocycles. The Balaban J connectivity index is 1.55. The highest BCUT2D eigenvalue weighted by molar-refractivity contribution is 14.1. The summed E-state index contributed by atoms with van der Waals surface area (Å²) in [6.45, 7) is 5.99. The smallest absolute Gasteiger partial charge is 0.264 e. The Morgan fingerprint density at radius 3 is 2.62 bits per heavy atom. The van der Waals surface area contributed by atoms with Crippen LogP contribution < -0.4 is 9.64 Å². The molecule has 0 radical (unpaired) electrons. The molecule has 2 aromatic carbocycles. The summed E-state index contributed by atoms with van der Waals surface area (Å²) in [6, 6.07) is 13.3. The molecular formula is C29H36FIN2O5Si. The number of likely N-dealkylation sites (tertiary alicyclic amines) is 1. The Labute approximate surface area is 244 Å². The van der Waals surface area contributed by atoms with Crippen molar-refractivity contribution in [3.05, 3.63) is 57.2 Å². The van der Waals surface area contributed by atoms with E-state index in [9.17, 15) is 14.7 Å². The van der Waals surface area contributed by atoms with Gasteiger partial charge in [-0.05, 0) is 84.4 Å². The molecule has 3 heterocycles. The van der Waals surface area contributed by atoms with Gasteiger partial charge in [-0.15, -0.1) is 0 Å². The molecule has 0 saturated carbocycles. The molecule has 2 amide bonds. The summed E-state index contributed by atoms with van der Waals surface area (Å²) in [5, 5.41) is 9.75. The van der Waals surface area contributed by atoms with Gasteiger partial charge in [-0.25, -0.2) is 0 Å². The Hall–Kier alpha value is -2.02. The monoisotopic (exact) mass is 666 g/mol. The molecule has 7 nitrogen and oxygen atoms in total. The van der Waals surface area contributed by atoms with Crippen LogP contribution in [0.25, 0.3) is 0 Å². The molecule has 0 bridgehead atoms. The Morgan fingerprint density at radius 2 is 1.97 bits per heavy atom. The summed E-state index contributed by atoms with van der Waals surface area (Å²) in [4.78, 5) is 31.3. The van der Waals surface area contributed by atoms with Crippen LogP contribution in [0.5, 0.6) is 5.75 Å². The number of nitrogens with zero attached hydrogens (tertiary/aromatic N) is 2. The third kappa shape index (κ3) is 4.91. The van der Waals surface area contributed by atoms with Crippen molar-refractivity contribution in [2.24, 2.45) is 5.92 Å². The number of aliphatic hydroxyl groups is 1. The molecule has 0 aliphatic carbocycles. The van der Waals surface area contributed by atoms with Crippen LogP contribution >= 0.6 is 22.6 Å². The van der Waals surface area contributed by atoms with E-state index in [2.05, 4.69) is 22.6 Å². The van der Waals surface area contributed by atoms with E-state index < -0.39 is 31.6 Å². The highest BCUT2D eigenvalue weighted by Gasteiger charge is 2.67. The van der Waals surface area contributed by atoms with E-state index in [1.165, 1.54) is 0 Å². The van der Waals surface area contributed by atoms with Gasteiger partial charge in [0.2, 0.25) is 14.3 Å². The first-order valence-corrected chi connectivity index (χ1v) is 17.6. The van der Waals surface area contributed by atoms with E-state index in [0.717, 1.165) is 27.7 Å². The fraction of sp³-hybridized carbons (Fsp3) is 0.517. The standard InChI is InChI=1S/C29H36FIN2O5Si/c1-18-27(39(3,4)30)25(15-26(35)32-13-5-6-21(32)17-34)38-29(18)23-14-22(37-2)11-12-24(23)33(28(29)36)16-19-7-9-20(31)10-8-19/h7-12,14,18,21,25,27,34H,5-6,13,15-17H2,1-4H3/t18-,21-,25+,27-,29+/m0/s1. The molecule has 2 aromatic rings. The number of amides is 2. The van der Waals surface area contributed by atoms with Crippen LogP contribution in [0.3, 0.4) is 0 Å². The minimum Gasteiger partial charge on any atom is -0.497 e. The van der Waals surface area contributed by atoms with E-state index in [0.29, 0.717) is 24.4 Å². The highest BCUT2D eigenvalue weighted by Crippen LogP contribution is 2.60. The van der Waals surface area contributed by atoms with Gasteiger partial charge in [0.15, 0.2) is 5.60 Å². The number of methoxy groups -OCH3 is 1. The number of anilines is 1. The molecule has 0 unspecified atom stereocenters. The summed E-state index contributed by atoms with van der Waals surface area (Å²) in [7, 11) is -1.83. The minimum atomic E-state index is -3.40. The number of hydrogen-bond donors (Lipinski definition) is 1. The summed E-state index contributed by atoms with van der Waals surface area (Å²) in [6.07, 6.45) is 0.812. The molecular weight excluding hydrogens is 630 g/mol. The predicted molar refractivity (Wildman–Crippen MR) is 158 cm³/mol. The second-order valence-electron chi connectivity index (χ2n) is 11.4. The average molecular weight is 667 g/mol. The zero-order chi connectivity index (χ0) is 28.1. The largest absolute Gasteiger partial charge is 0.497 e. The van der Waals surface area contributed by atoms with Crippen LogP contribution in [0, 0.1) is 9.49 Å². The maximum absolute atomic E-state index is 16.1. The molecule has 10 heteroatoms. The van der Waals surface area contributed by atoms with Crippen molar-refractivity contribution in [1.29, 1.82) is 0 Å². The van der Waals surface area contributed by atoms with Gasteiger partial charge >= 0.3 is 0 Å². The first-order chi connectivity index (χ1) is 18.5. The molecule has 3 aliphatic rings. The van der Waals surface area contributed by atoms with Gasteiger partial charge in [-0.1, -0.05) is 19.1 Å². The Kier molecular flexibility index (Phi) is 7.86. The molecule has 1 spiro atoms. The predicted octanol–water partition coefficient (Wildman–Crippen LogP) is 5.00. The quantitative estimate of drug-likeness (QED) is 0.256. The van der Waals surface area contributed by atoms with Gasteiger partial charge in [0.1, 0.15) is 5.75 Å². The molecule has 210 valence electrons. The van der Waals surface area contributed by atoms with Crippen LogP contribution in [0.15, 0.2) is 42.5 Å². The number of hydrogen-bond acceptors (Lipinski definition) is 5. The molecule has 1 N–H and O–H groups in total. The SMILES string of the molecule is COc1ccc2c(c1)[C@@]1(O[C@H](CC(=O)N3CCC[C@H]3CO)[C@@H]([Si](C)(C)F)[C@@H]1C)C(=O)N2Cc1ccc(I)cc1. The van der Waals surface area contributed by atoms with Crippen LogP contribution in [-0.4, -0.2) is 62.6 Å². The minimum absolute atomic E-state index is 0.0166. The van der Waals surface area contributed by atoms with Crippen molar-refractivity contribution in [2.45, 2.75) is 69.1 Å². The van der Waals surface area contributed by atoms with Crippen molar-refractivity contribution in [2.75, 3.05) is 25.2 Å². The van der Waals surface area contributed by atoms with E-state index in [1.54, 1.807) is 30.0 Å². The van der Waals surface area contributed by atoms with Crippen molar-refractivity contribution in [3.63, 3.8) is 0 Å². The first-order valence-electron chi connectivity index (χ1n) is 13.5. The number of carbonyl (C=O) groups excluding carboxylic acids is 2. The van der Waals surface area contributed by atoms with Gasteiger partial charge in [-0.2, -0.15) is 0 Å². The molecule has 0 aromatic heterocycles. The number of rotatable bonds is 7. The Bertz CT molecular complexity index is 1260. The second-order valence-corrected chi connectivity index (χ2v) is 16.5. The molecule has 39 heavy (non-hydrogen) atoms. The molecule has 5 atom stereocenters. The van der Waals surface area contributed by atoms with Gasteiger partial charge < -0.3 is 28.5 Å². The van der Waals surface area contributed by atoms with Crippen molar-refractivity contribution in [3.8, 4) is 5.75 Å². The van der Waals surface area contributed by atoms with Crippen LogP contribution in [0.2, 0.25) is 18.6 Å². The third-order valence-corrected chi connectivity index (χ3v) is 11.9. The molecule has 2 fully saturated rings. The summed E-state index contributed by atoms with van der Waals surface area (Å²) in [5.41, 5.74) is 0.367. The van der Waals surface area contributed by atoms with Crippen LogP contribution in [0.4, 0.5) is 9.80 Å². The average Bonchev–Trinajstić information content (AvgIpc) is 3.55. The van der Waals surface area contributed by atoms with Crippen molar-refractivity contribution < 1.29 is 28.3 Å². The number of fused-ring (bicyclic) bond motifs is 2. The van der Waals surface area contributed by atoms with E-state index in [4.69, 9.17) is 9.47 Å².